The molecule has 3 nitrogen and oxygen atoms in total. The van der Waals surface area contributed by atoms with Gasteiger partial charge >= 0.3 is 10.2 Å². The number of hydrogen-bond acceptors (Lipinski definition) is 3. The molecule has 1 aromatic carbocycles. The average Bonchev–Trinajstić information content (AvgIpc) is 2.02. The number of benzene rings is 1. The Labute approximate surface area is 82.4 Å². The standard InChI is InChI=1S/C9H11FO3S/c1-6-3-4-9(14(10,12)13)7(2)8(6)5-11/h3-4,11H,5H2,1-2H3. The maximum atomic E-state index is 12.7. The van der Waals surface area contributed by atoms with Gasteiger partial charge in [0.25, 0.3) is 0 Å². The molecule has 14 heavy (non-hydrogen) atoms. The van der Waals surface area contributed by atoms with Crippen LogP contribution in [0.5, 0.6) is 0 Å². The van der Waals surface area contributed by atoms with Crippen molar-refractivity contribution < 1.29 is 17.4 Å². The molecule has 0 unspecified atom stereocenters. The highest BCUT2D eigenvalue weighted by Gasteiger charge is 2.17. The van der Waals surface area contributed by atoms with Crippen LogP contribution >= 0.6 is 0 Å². The molecule has 0 bridgehead atoms. The van der Waals surface area contributed by atoms with Crippen LogP contribution in [0.25, 0.3) is 0 Å². The Morgan fingerprint density at radius 2 is 1.93 bits per heavy atom. The molecule has 0 aromatic heterocycles. The van der Waals surface area contributed by atoms with Crippen LogP contribution in [-0.4, -0.2) is 13.5 Å². The van der Waals surface area contributed by atoms with E-state index in [9.17, 15) is 12.3 Å². The van der Waals surface area contributed by atoms with Gasteiger partial charge in [0.15, 0.2) is 0 Å². The van der Waals surface area contributed by atoms with Crippen LogP contribution in [0.1, 0.15) is 16.7 Å². The van der Waals surface area contributed by atoms with Gasteiger partial charge in [-0.1, -0.05) is 6.07 Å². The first kappa shape index (κ1) is 11.1. The Bertz CT molecular complexity index is 451. The van der Waals surface area contributed by atoms with E-state index in [1.54, 1.807) is 6.92 Å². The Hall–Kier alpha value is -0.940. The van der Waals surface area contributed by atoms with Crippen LogP contribution in [0.3, 0.4) is 0 Å². The van der Waals surface area contributed by atoms with Crippen LogP contribution in [-0.2, 0) is 16.8 Å². The zero-order chi connectivity index (χ0) is 10.9. The third-order valence-electron chi connectivity index (χ3n) is 2.20. The molecule has 0 atom stereocenters. The van der Waals surface area contributed by atoms with Gasteiger partial charge in [-0.05, 0) is 36.6 Å². The second-order valence-electron chi connectivity index (χ2n) is 3.08. The lowest BCUT2D eigenvalue weighted by Crippen LogP contribution is -2.01. The summed E-state index contributed by atoms with van der Waals surface area (Å²) < 4.78 is 34.1. The summed E-state index contributed by atoms with van der Waals surface area (Å²) in [7, 11) is -4.69. The van der Waals surface area contributed by atoms with Gasteiger partial charge in [0.05, 0.1) is 6.61 Å². The van der Waals surface area contributed by atoms with Crippen molar-refractivity contribution in [1.82, 2.24) is 0 Å². The molecular formula is C9H11FO3S. The Morgan fingerprint density at radius 1 is 1.36 bits per heavy atom. The van der Waals surface area contributed by atoms with Gasteiger partial charge in [0.2, 0.25) is 0 Å². The maximum Gasteiger partial charge on any atom is 0.332 e. The minimum atomic E-state index is -4.69. The number of hydrogen-bond donors (Lipinski definition) is 1. The number of aliphatic hydroxyl groups excluding tert-OH is 1. The van der Waals surface area contributed by atoms with Crippen molar-refractivity contribution in [2.24, 2.45) is 0 Å². The zero-order valence-electron chi connectivity index (χ0n) is 7.91. The van der Waals surface area contributed by atoms with E-state index in [1.807, 2.05) is 0 Å². The number of halogens is 1. The zero-order valence-corrected chi connectivity index (χ0v) is 8.73. The molecule has 0 fully saturated rings. The minimum absolute atomic E-state index is 0.273. The minimum Gasteiger partial charge on any atom is -0.392 e. The van der Waals surface area contributed by atoms with Gasteiger partial charge in [-0.25, -0.2) is 0 Å². The molecule has 0 amide bonds. The molecule has 0 spiro atoms. The molecule has 1 rings (SSSR count). The fraction of sp³-hybridized carbons (Fsp3) is 0.333. The van der Waals surface area contributed by atoms with E-state index >= 15 is 0 Å². The highest BCUT2D eigenvalue weighted by atomic mass is 32.3. The molecule has 0 aliphatic rings. The molecular weight excluding hydrogens is 207 g/mol. The molecule has 0 saturated heterocycles. The summed E-state index contributed by atoms with van der Waals surface area (Å²) >= 11 is 0. The van der Waals surface area contributed by atoms with Crippen molar-refractivity contribution >= 4 is 10.2 Å². The van der Waals surface area contributed by atoms with E-state index in [0.29, 0.717) is 5.56 Å². The predicted molar refractivity (Wildman–Crippen MR) is 50.1 cm³/mol. The topological polar surface area (TPSA) is 54.4 Å². The molecule has 0 aliphatic heterocycles. The monoisotopic (exact) mass is 218 g/mol. The lowest BCUT2D eigenvalue weighted by Gasteiger charge is -2.09. The summed E-state index contributed by atoms with van der Waals surface area (Å²) in [6.07, 6.45) is 0. The second kappa shape index (κ2) is 3.67. The molecule has 5 heteroatoms. The summed E-state index contributed by atoms with van der Waals surface area (Å²) in [5, 5.41) is 8.97. The summed E-state index contributed by atoms with van der Waals surface area (Å²) in [6, 6.07) is 2.68. The number of aliphatic hydroxyl groups is 1. The molecule has 0 aliphatic carbocycles. The van der Waals surface area contributed by atoms with Crippen LogP contribution in [0.4, 0.5) is 3.89 Å². The van der Waals surface area contributed by atoms with E-state index < -0.39 is 10.2 Å². The molecule has 0 heterocycles. The first-order valence-electron chi connectivity index (χ1n) is 4.02. The van der Waals surface area contributed by atoms with E-state index in [2.05, 4.69) is 0 Å². The van der Waals surface area contributed by atoms with Gasteiger partial charge in [-0.2, -0.15) is 8.42 Å². The van der Waals surface area contributed by atoms with E-state index in [1.165, 1.54) is 19.1 Å². The number of aryl methyl sites for hydroxylation is 1. The average molecular weight is 218 g/mol. The summed E-state index contributed by atoms with van der Waals surface area (Å²) in [5.74, 6) is 0. The van der Waals surface area contributed by atoms with E-state index in [0.717, 1.165) is 5.56 Å². The van der Waals surface area contributed by atoms with Crippen molar-refractivity contribution in [2.45, 2.75) is 25.3 Å². The van der Waals surface area contributed by atoms with Crippen molar-refractivity contribution in [3.05, 3.63) is 28.8 Å². The molecule has 0 saturated carbocycles. The molecule has 78 valence electrons. The fourth-order valence-corrected chi connectivity index (χ4v) is 2.10. The summed E-state index contributed by atoms with van der Waals surface area (Å²) in [6.45, 7) is 2.92. The third kappa shape index (κ3) is 1.93. The van der Waals surface area contributed by atoms with E-state index in [-0.39, 0.29) is 17.1 Å². The van der Waals surface area contributed by atoms with E-state index in [4.69, 9.17) is 5.11 Å². The van der Waals surface area contributed by atoms with Gasteiger partial charge in [0, 0.05) is 0 Å². The van der Waals surface area contributed by atoms with Gasteiger partial charge in [-0.3, -0.25) is 0 Å². The first-order valence-corrected chi connectivity index (χ1v) is 5.41. The quantitative estimate of drug-likeness (QED) is 0.764. The van der Waals surface area contributed by atoms with Crippen LogP contribution in [0.15, 0.2) is 17.0 Å². The highest BCUT2D eigenvalue weighted by molar-refractivity contribution is 7.86. The number of rotatable bonds is 2. The van der Waals surface area contributed by atoms with Crippen LogP contribution in [0, 0.1) is 13.8 Å². The van der Waals surface area contributed by atoms with Crippen molar-refractivity contribution in [1.29, 1.82) is 0 Å². The van der Waals surface area contributed by atoms with Crippen LogP contribution < -0.4 is 0 Å². The van der Waals surface area contributed by atoms with Crippen molar-refractivity contribution in [3.63, 3.8) is 0 Å². The normalized spacial score (nSPS) is 11.7. The van der Waals surface area contributed by atoms with Gasteiger partial charge < -0.3 is 5.11 Å². The Morgan fingerprint density at radius 3 is 2.36 bits per heavy atom. The Balaban J connectivity index is 3.52. The second-order valence-corrected chi connectivity index (χ2v) is 4.40. The summed E-state index contributed by atoms with van der Waals surface area (Å²) in [4.78, 5) is -0.368. The van der Waals surface area contributed by atoms with Crippen LogP contribution in [0.2, 0.25) is 0 Å². The fourth-order valence-electron chi connectivity index (χ4n) is 1.38. The smallest absolute Gasteiger partial charge is 0.332 e. The third-order valence-corrected chi connectivity index (χ3v) is 3.17. The van der Waals surface area contributed by atoms with Crippen molar-refractivity contribution in [3.8, 4) is 0 Å². The molecule has 1 N–H and O–H groups in total. The van der Waals surface area contributed by atoms with Gasteiger partial charge in [0.1, 0.15) is 4.90 Å². The highest BCUT2D eigenvalue weighted by Crippen LogP contribution is 2.23. The Kier molecular flexibility index (Phi) is 2.92. The lowest BCUT2D eigenvalue weighted by molar-refractivity contribution is 0.280. The maximum absolute atomic E-state index is 12.7. The summed E-state index contributed by atoms with van der Waals surface area (Å²) in [5.41, 5.74) is 1.48. The largest absolute Gasteiger partial charge is 0.392 e. The lowest BCUT2D eigenvalue weighted by atomic mass is 10.0. The van der Waals surface area contributed by atoms with Gasteiger partial charge in [-0.15, -0.1) is 3.89 Å². The molecule has 1 aromatic rings. The predicted octanol–water partition coefficient (Wildman–Crippen LogP) is 1.45. The first-order chi connectivity index (χ1) is 6.38. The SMILES string of the molecule is Cc1ccc(S(=O)(=O)F)c(C)c1CO. The molecule has 0 radical (unpaired) electrons. The van der Waals surface area contributed by atoms with Crippen molar-refractivity contribution in [2.75, 3.05) is 0 Å².